The van der Waals surface area contributed by atoms with Gasteiger partial charge in [-0.3, -0.25) is 0 Å². The van der Waals surface area contributed by atoms with Gasteiger partial charge in [0.1, 0.15) is 5.56 Å². The first-order valence-electron chi connectivity index (χ1n) is 5.94. The van der Waals surface area contributed by atoms with Gasteiger partial charge in [0.05, 0.1) is 23.1 Å². The summed E-state index contributed by atoms with van der Waals surface area (Å²) in [4.78, 5) is 11.8. The van der Waals surface area contributed by atoms with Crippen LogP contribution < -0.4 is 14.2 Å². The standard InChI is InChI=1S/C13H10ClNO5/c1-2-18-13(16)8-5-15(17)9-4-11-10(19-6-20-11)3-7(9)12(8)14/h3-5H,2,6H2,1H3. The largest absolute Gasteiger partial charge is 0.618 e. The highest BCUT2D eigenvalue weighted by Gasteiger charge is 2.24. The van der Waals surface area contributed by atoms with Crippen LogP contribution in [-0.4, -0.2) is 19.4 Å². The number of fused-ring (bicyclic) bond motifs is 2. The van der Waals surface area contributed by atoms with E-state index in [1.165, 1.54) is 6.07 Å². The molecule has 0 amide bonds. The van der Waals surface area contributed by atoms with Crippen LogP contribution in [0, 0.1) is 5.21 Å². The molecule has 6 nitrogen and oxygen atoms in total. The van der Waals surface area contributed by atoms with Crippen molar-refractivity contribution in [3.05, 3.63) is 34.1 Å². The Morgan fingerprint density at radius 3 is 2.85 bits per heavy atom. The third-order valence-electron chi connectivity index (χ3n) is 2.94. The number of carbonyl (C=O) groups is 1. The van der Waals surface area contributed by atoms with Gasteiger partial charge in [0.2, 0.25) is 12.3 Å². The molecule has 3 rings (SSSR count). The molecule has 20 heavy (non-hydrogen) atoms. The van der Waals surface area contributed by atoms with Crippen LogP contribution in [0.15, 0.2) is 18.3 Å². The molecule has 1 aliphatic rings. The van der Waals surface area contributed by atoms with Gasteiger partial charge in [-0.15, -0.1) is 0 Å². The van der Waals surface area contributed by atoms with E-state index in [0.29, 0.717) is 27.1 Å². The predicted octanol–water partition coefficient (Wildman–Crippen LogP) is 2.03. The van der Waals surface area contributed by atoms with Crippen LogP contribution in [0.5, 0.6) is 11.5 Å². The average Bonchev–Trinajstić information content (AvgIpc) is 2.88. The van der Waals surface area contributed by atoms with Crippen LogP contribution >= 0.6 is 11.6 Å². The maximum atomic E-state index is 12.0. The summed E-state index contributed by atoms with van der Waals surface area (Å²) in [5.41, 5.74) is 0.321. The molecule has 0 saturated heterocycles. The Labute approximate surface area is 119 Å². The van der Waals surface area contributed by atoms with Crippen molar-refractivity contribution in [2.75, 3.05) is 13.4 Å². The molecule has 0 spiro atoms. The fourth-order valence-electron chi connectivity index (χ4n) is 2.03. The number of aromatic nitrogens is 1. The Balaban J connectivity index is 2.24. The molecule has 1 aromatic heterocycles. The molecule has 0 N–H and O–H groups in total. The van der Waals surface area contributed by atoms with Gasteiger partial charge in [-0.1, -0.05) is 11.6 Å². The van der Waals surface area contributed by atoms with Crippen LogP contribution in [0.25, 0.3) is 10.9 Å². The molecular weight excluding hydrogens is 286 g/mol. The number of halogens is 1. The molecule has 0 fully saturated rings. The highest BCUT2D eigenvalue weighted by molar-refractivity contribution is 6.38. The van der Waals surface area contributed by atoms with Crippen LogP contribution in [0.1, 0.15) is 17.3 Å². The lowest BCUT2D eigenvalue weighted by molar-refractivity contribution is -0.577. The van der Waals surface area contributed by atoms with Gasteiger partial charge >= 0.3 is 5.97 Å². The van der Waals surface area contributed by atoms with E-state index >= 15 is 0 Å². The lowest BCUT2D eigenvalue weighted by atomic mass is 10.1. The van der Waals surface area contributed by atoms with Crippen molar-refractivity contribution in [1.82, 2.24) is 0 Å². The molecule has 2 aromatic rings. The Morgan fingerprint density at radius 2 is 2.15 bits per heavy atom. The molecular formula is C13H10ClNO5. The van der Waals surface area contributed by atoms with Crippen molar-refractivity contribution in [2.24, 2.45) is 0 Å². The molecule has 0 unspecified atom stereocenters. The van der Waals surface area contributed by atoms with Crippen molar-refractivity contribution in [3.63, 3.8) is 0 Å². The SMILES string of the molecule is CCOC(=O)c1c[n+]([O-])c2cc3c(cc2c1Cl)OCO3. The Kier molecular flexibility index (Phi) is 3.02. The maximum Gasteiger partial charge on any atom is 0.345 e. The first-order valence-corrected chi connectivity index (χ1v) is 6.31. The Morgan fingerprint density at radius 1 is 1.45 bits per heavy atom. The minimum atomic E-state index is -0.637. The zero-order valence-corrected chi connectivity index (χ0v) is 11.3. The maximum absolute atomic E-state index is 12.0. The van der Waals surface area contributed by atoms with Gasteiger partial charge in [0, 0.05) is 0 Å². The predicted molar refractivity (Wildman–Crippen MR) is 70.0 cm³/mol. The zero-order chi connectivity index (χ0) is 14.3. The van der Waals surface area contributed by atoms with E-state index in [4.69, 9.17) is 25.8 Å². The summed E-state index contributed by atoms with van der Waals surface area (Å²) < 4.78 is 15.9. The number of hydrogen-bond acceptors (Lipinski definition) is 5. The fraction of sp³-hybridized carbons (Fsp3) is 0.231. The molecule has 0 saturated carbocycles. The van der Waals surface area contributed by atoms with Crippen molar-refractivity contribution in [3.8, 4) is 11.5 Å². The lowest BCUT2D eigenvalue weighted by Gasteiger charge is -2.08. The quantitative estimate of drug-likeness (QED) is 0.481. The second-order valence-electron chi connectivity index (χ2n) is 4.13. The van der Waals surface area contributed by atoms with Crippen LogP contribution in [-0.2, 0) is 4.74 Å². The summed E-state index contributed by atoms with van der Waals surface area (Å²) >= 11 is 6.20. The monoisotopic (exact) mass is 295 g/mol. The minimum Gasteiger partial charge on any atom is -0.618 e. The van der Waals surface area contributed by atoms with Crippen LogP contribution in [0.3, 0.4) is 0 Å². The van der Waals surface area contributed by atoms with Gasteiger partial charge in [0.25, 0.3) is 0 Å². The number of esters is 1. The summed E-state index contributed by atoms with van der Waals surface area (Å²) in [7, 11) is 0. The molecule has 1 aliphatic heterocycles. The first-order chi connectivity index (χ1) is 9.61. The summed E-state index contributed by atoms with van der Waals surface area (Å²) in [6, 6.07) is 3.11. The molecule has 0 aliphatic carbocycles. The molecule has 0 bridgehead atoms. The summed E-state index contributed by atoms with van der Waals surface area (Å²) in [6.45, 7) is 1.97. The van der Waals surface area contributed by atoms with E-state index in [9.17, 15) is 10.0 Å². The van der Waals surface area contributed by atoms with E-state index in [1.54, 1.807) is 13.0 Å². The summed E-state index contributed by atoms with van der Waals surface area (Å²) in [5, 5.41) is 12.6. The number of benzene rings is 1. The minimum absolute atomic E-state index is 0.0230. The van der Waals surface area contributed by atoms with Crippen LogP contribution in [0.4, 0.5) is 0 Å². The number of nitrogens with zero attached hydrogens (tertiary/aromatic N) is 1. The Hall–Kier alpha value is -2.21. The lowest BCUT2D eigenvalue weighted by Crippen LogP contribution is -2.28. The van der Waals surface area contributed by atoms with Gasteiger partial charge in [-0.25, -0.2) is 4.79 Å². The molecule has 0 radical (unpaired) electrons. The second kappa shape index (κ2) is 4.72. The number of rotatable bonds is 2. The zero-order valence-electron chi connectivity index (χ0n) is 10.5. The molecule has 1 aromatic carbocycles. The molecule has 104 valence electrons. The van der Waals surface area contributed by atoms with Crippen molar-refractivity contribution >= 4 is 28.5 Å². The number of carbonyl (C=O) groups excluding carboxylic acids is 1. The van der Waals surface area contributed by atoms with Gasteiger partial charge in [0.15, 0.2) is 17.7 Å². The second-order valence-corrected chi connectivity index (χ2v) is 4.50. The van der Waals surface area contributed by atoms with Crippen molar-refractivity contribution in [2.45, 2.75) is 6.92 Å². The normalized spacial score (nSPS) is 12.7. The topological polar surface area (TPSA) is 71.7 Å². The highest BCUT2D eigenvalue weighted by atomic mass is 35.5. The van der Waals surface area contributed by atoms with Gasteiger partial charge < -0.3 is 19.4 Å². The average molecular weight is 296 g/mol. The molecule has 0 atom stereocenters. The van der Waals surface area contributed by atoms with E-state index in [1.807, 2.05) is 0 Å². The van der Waals surface area contributed by atoms with Crippen molar-refractivity contribution < 1.29 is 23.7 Å². The molecule has 2 heterocycles. The fourth-order valence-corrected chi connectivity index (χ4v) is 2.31. The third-order valence-corrected chi connectivity index (χ3v) is 3.35. The van der Waals surface area contributed by atoms with E-state index in [2.05, 4.69) is 0 Å². The summed E-state index contributed by atoms with van der Waals surface area (Å²) in [5.74, 6) is 0.323. The number of pyridine rings is 1. The summed E-state index contributed by atoms with van der Waals surface area (Å²) in [6.07, 6.45) is 1.10. The molecule has 7 heteroatoms. The van der Waals surface area contributed by atoms with E-state index in [-0.39, 0.29) is 24.0 Å². The smallest absolute Gasteiger partial charge is 0.345 e. The van der Waals surface area contributed by atoms with E-state index in [0.717, 1.165) is 6.20 Å². The first kappa shape index (κ1) is 12.8. The van der Waals surface area contributed by atoms with Gasteiger partial charge in [-0.2, -0.15) is 4.73 Å². The highest BCUT2D eigenvalue weighted by Crippen LogP contribution is 2.38. The van der Waals surface area contributed by atoms with E-state index < -0.39 is 5.97 Å². The number of hydrogen-bond donors (Lipinski definition) is 0. The van der Waals surface area contributed by atoms with Crippen LogP contribution in [0.2, 0.25) is 5.02 Å². The Bertz CT molecular complexity index is 716. The van der Waals surface area contributed by atoms with Gasteiger partial charge in [-0.05, 0) is 13.0 Å². The van der Waals surface area contributed by atoms with Crippen molar-refractivity contribution in [1.29, 1.82) is 0 Å². The third kappa shape index (κ3) is 1.89. The number of ether oxygens (including phenoxy) is 3.